The van der Waals surface area contributed by atoms with Crippen molar-refractivity contribution < 1.29 is 20.1 Å². The molecule has 0 aliphatic carbocycles. The minimum atomic E-state index is 0. The monoisotopic (exact) mass is 610 g/mol. The molecule has 33 heavy (non-hydrogen) atoms. The first-order valence-electron chi connectivity index (χ1n) is 9.80. The second kappa shape index (κ2) is 12.9. The standard InChI is InChI=1S/C14H13N4.C11H8N.CN.Ir/c1-17-8-6-15-13(17)11-4-3-5-12(10-11)14-16-7-9-18(14)2;1-2-6-10(7-3-1)11-8-4-5-9-12-11;1-2;/h3-9H,1-2H3;1-6,8-9H;;/q3*-1;+3. The number of aryl methyl sites for hydroxylation is 2. The Kier molecular flexibility index (Phi) is 9.91. The molecule has 3 aromatic heterocycles. The van der Waals surface area contributed by atoms with Crippen LogP contribution in [0.4, 0.5) is 0 Å². The second-order valence-electron chi connectivity index (χ2n) is 6.69. The molecule has 164 valence electrons. The van der Waals surface area contributed by atoms with E-state index >= 15 is 0 Å². The van der Waals surface area contributed by atoms with Gasteiger partial charge in [0.15, 0.2) is 0 Å². The van der Waals surface area contributed by atoms with Crippen LogP contribution in [0.15, 0.2) is 91.6 Å². The van der Waals surface area contributed by atoms with Crippen LogP contribution in [-0.4, -0.2) is 24.1 Å². The largest absolute Gasteiger partial charge is 3.00 e. The zero-order chi connectivity index (χ0) is 22.8. The van der Waals surface area contributed by atoms with Crippen LogP contribution in [0.3, 0.4) is 0 Å². The van der Waals surface area contributed by atoms with E-state index < -0.39 is 0 Å². The molecule has 0 N–H and O–H groups in total. The van der Waals surface area contributed by atoms with Gasteiger partial charge in [0.05, 0.1) is 11.6 Å². The summed E-state index contributed by atoms with van der Waals surface area (Å²) in [6.07, 6.45) is 9.22. The van der Waals surface area contributed by atoms with E-state index in [1.165, 1.54) is 0 Å². The van der Waals surface area contributed by atoms with Gasteiger partial charge in [0.2, 0.25) is 0 Å². The van der Waals surface area contributed by atoms with Crippen LogP contribution < -0.4 is 0 Å². The molecule has 0 saturated heterocycles. The van der Waals surface area contributed by atoms with E-state index in [0.717, 1.165) is 34.0 Å². The normalized spacial score (nSPS) is 9.45. The number of nitrogens with zero attached hydrogens (tertiary/aromatic N) is 6. The van der Waals surface area contributed by atoms with E-state index in [1.54, 1.807) is 18.6 Å². The molecule has 6 nitrogen and oxygen atoms in total. The van der Waals surface area contributed by atoms with Gasteiger partial charge in [-0.1, -0.05) is 23.3 Å². The van der Waals surface area contributed by atoms with Gasteiger partial charge in [-0.15, -0.1) is 60.2 Å². The third-order valence-corrected chi connectivity index (χ3v) is 4.57. The first-order chi connectivity index (χ1) is 15.7. The fourth-order valence-electron chi connectivity index (χ4n) is 3.05. The Labute approximate surface area is 207 Å². The maximum Gasteiger partial charge on any atom is 3.00 e. The van der Waals surface area contributed by atoms with Crippen LogP contribution in [0.25, 0.3) is 34.0 Å². The van der Waals surface area contributed by atoms with E-state index in [1.807, 2.05) is 96.3 Å². The van der Waals surface area contributed by atoms with Crippen LogP contribution in [-0.2, 0) is 34.2 Å². The Bertz CT molecular complexity index is 1170. The van der Waals surface area contributed by atoms with Gasteiger partial charge in [-0.05, 0) is 11.8 Å². The summed E-state index contributed by atoms with van der Waals surface area (Å²) in [5.41, 5.74) is 3.96. The summed E-state index contributed by atoms with van der Waals surface area (Å²) in [5.74, 6) is 1.82. The number of aromatic nitrogens is 5. The maximum atomic E-state index is 6.25. The first kappa shape index (κ1) is 25.4. The first-order valence-corrected chi connectivity index (χ1v) is 9.80. The van der Waals surface area contributed by atoms with Crippen molar-refractivity contribution in [2.24, 2.45) is 14.1 Å². The molecule has 3 heterocycles. The number of rotatable bonds is 3. The van der Waals surface area contributed by atoms with Crippen molar-refractivity contribution in [1.82, 2.24) is 24.1 Å². The smallest absolute Gasteiger partial charge is 0.512 e. The molecule has 5 rings (SSSR count). The average Bonchev–Trinajstić information content (AvgIpc) is 3.50. The Balaban J connectivity index is 0.000000225. The summed E-state index contributed by atoms with van der Waals surface area (Å²) < 4.78 is 3.96. The second-order valence-corrected chi connectivity index (χ2v) is 6.69. The minimum absolute atomic E-state index is 0. The van der Waals surface area contributed by atoms with Gasteiger partial charge in [-0.25, -0.2) is 0 Å². The average molecular weight is 610 g/mol. The van der Waals surface area contributed by atoms with E-state index in [9.17, 15) is 0 Å². The molecule has 0 radical (unpaired) electrons. The van der Waals surface area contributed by atoms with Gasteiger partial charge in [0, 0.05) is 45.1 Å². The van der Waals surface area contributed by atoms with Crippen LogP contribution in [0.2, 0.25) is 0 Å². The van der Waals surface area contributed by atoms with Crippen LogP contribution in [0, 0.1) is 24.0 Å². The van der Waals surface area contributed by atoms with Crippen molar-refractivity contribution in [2.75, 3.05) is 0 Å². The summed E-state index contributed by atoms with van der Waals surface area (Å²) in [4.78, 5) is 12.9. The third kappa shape index (κ3) is 6.56. The van der Waals surface area contributed by atoms with E-state index in [0.29, 0.717) is 0 Å². The summed E-state index contributed by atoms with van der Waals surface area (Å²) >= 11 is 0. The molecule has 0 bridgehead atoms. The molecular formula is C26H21IrN6. The van der Waals surface area contributed by atoms with Crippen LogP contribution >= 0.6 is 0 Å². The molecule has 0 spiro atoms. The van der Waals surface area contributed by atoms with Crippen molar-refractivity contribution in [3.05, 3.63) is 110 Å². The molecule has 0 fully saturated rings. The summed E-state index contributed by atoms with van der Waals surface area (Å²) in [7, 11) is 3.95. The topological polar surface area (TPSA) is 72.3 Å². The van der Waals surface area contributed by atoms with Gasteiger partial charge in [-0.3, -0.25) is 9.97 Å². The van der Waals surface area contributed by atoms with Gasteiger partial charge >= 0.3 is 20.1 Å². The zero-order valence-corrected chi connectivity index (χ0v) is 20.6. The molecule has 0 aliphatic heterocycles. The summed E-state index contributed by atoms with van der Waals surface area (Å²) in [6.45, 7) is 4.75. The fraction of sp³-hybridized carbons (Fsp3) is 0.0769. The predicted octanol–water partition coefficient (Wildman–Crippen LogP) is 4.93. The van der Waals surface area contributed by atoms with Gasteiger partial charge in [0.25, 0.3) is 0 Å². The van der Waals surface area contributed by atoms with E-state index in [4.69, 9.17) is 11.8 Å². The van der Waals surface area contributed by atoms with Crippen molar-refractivity contribution in [2.45, 2.75) is 0 Å². The van der Waals surface area contributed by atoms with Gasteiger partial charge < -0.3 is 26.0 Å². The molecule has 0 aliphatic rings. The molecule has 7 heteroatoms. The SMILES string of the molecule is Cn1ccnc1-c1[c-]c(-c2nccn2C)ccc1.[C-]#N.[Ir+3].[c-]1ccccc1-c1ccccn1. The number of pyridine rings is 1. The number of hydrogen-bond acceptors (Lipinski definition) is 4. The minimum Gasteiger partial charge on any atom is -0.512 e. The molecule has 0 unspecified atom stereocenters. The van der Waals surface area contributed by atoms with Gasteiger partial charge in [0.1, 0.15) is 0 Å². The van der Waals surface area contributed by atoms with E-state index in [-0.39, 0.29) is 20.1 Å². The number of imidazole rings is 2. The summed E-state index contributed by atoms with van der Waals surface area (Å²) in [5, 5.41) is 6.25. The summed E-state index contributed by atoms with van der Waals surface area (Å²) in [6, 6.07) is 26.2. The Morgan fingerprint density at radius 1 is 0.697 bits per heavy atom. The molecule has 2 aromatic carbocycles. The molecule has 5 aromatic rings. The Morgan fingerprint density at radius 3 is 1.73 bits per heavy atom. The van der Waals surface area contributed by atoms with E-state index in [2.05, 4.69) is 27.1 Å². The fourth-order valence-corrected chi connectivity index (χ4v) is 3.05. The maximum absolute atomic E-state index is 6.25. The molecular weight excluding hydrogens is 589 g/mol. The van der Waals surface area contributed by atoms with Crippen LogP contribution in [0.5, 0.6) is 0 Å². The van der Waals surface area contributed by atoms with Crippen molar-refractivity contribution in [3.8, 4) is 34.0 Å². The van der Waals surface area contributed by atoms with Crippen LogP contribution in [0.1, 0.15) is 0 Å². The number of benzene rings is 2. The number of hydrogen-bond donors (Lipinski definition) is 0. The van der Waals surface area contributed by atoms with Crippen molar-refractivity contribution in [1.29, 1.82) is 5.26 Å². The molecule has 0 atom stereocenters. The van der Waals surface area contributed by atoms with Gasteiger partial charge in [-0.2, -0.15) is 0 Å². The van der Waals surface area contributed by atoms with Crippen molar-refractivity contribution in [3.63, 3.8) is 0 Å². The third-order valence-electron chi connectivity index (χ3n) is 4.57. The Morgan fingerprint density at radius 2 is 1.27 bits per heavy atom. The Hall–Kier alpha value is -3.85. The molecule has 0 amide bonds. The quantitative estimate of drug-likeness (QED) is 0.272. The predicted molar refractivity (Wildman–Crippen MR) is 123 cm³/mol. The zero-order valence-electron chi connectivity index (χ0n) is 18.2. The van der Waals surface area contributed by atoms with Crippen molar-refractivity contribution >= 4 is 0 Å². The molecule has 0 saturated carbocycles.